The van der Waals surface area contributed by atoms with Gasteiger partial charge < -0.3 is 4.90 Å². The second-order valence-corrected chi connectivity index (χ2v) is 3.65. The van der Waals surface area contributed by atoms with Crippen LogP contribution >= 0.6 is 0 Å². The van der Waals surface area contributed by atoms with Gasteiger partial charge in [0.2, 0.25) is 0 Å². The second kappa shape index (κ2) is 2.82. The van der Waals surface area contributed by atoms with Gasteiger partial charge in [0.25, 0.3) is 0 Å². The Morgan fingerprint density at radius 1 is 1.18 bits per heavy atom. The summed E-state index contributed by atoms with van der Waals surface area (Å²) in [5, 5.41) is 0. The third kappa shape index (κ3) is 1.38. The maximum atomic E-state index is 2.42. The lowest BCUT2D eigenvalue weighted by molar-refractivity contribution is 0.198. The molecule has 1 saturated heterocycles. The molecule has 2 unspecified atom stereocenters. The van der Waals surface area contributed by atoms with Crippen LogP contribution in [0, 0.1) is 11.8 Å². The molecule has 0 saturated carbocycles. The molecule has 2 rings (SSSR count). The monoisotopic (exact) mass is 149 g/mol. The number of rotatable bonds is 0. The number of hydrogen-bond donors (Lipinski definition) is 0. The number of piperidine rings is 1. The fourth-order valence-electron chi connectivity index (χ4n) is 2.03. The lowest BCUT2D eigenvalue weighted by Gasteiger charge is -2.34. The van der Waals surface area contributed by atoms with Crippen molar-refractivity contribution in [3.63, 3.8) is 0 Å². The number of fused-ring (bicyclic) bond motifs is 1. The van der Waals surface area contributed by atoms with Crippen LogP contribution in [0.5, 0.6) is 0 Å². The van der Waals surface area contributed by atoms with E-state index in [0.29, 0.717) is 0 Å². The van der Waals surface area contributed by atoms with Gasteiger partial charge in [-0.2, -0.15) is 0 Å². The van der Waals surface area contributed by atoms with Crippen LogP contribution in [0.3, 0.4) is 0 Å². The van der Waals surface area contributed by atoms with Crippen molar-refractivity contribution in [1.29, 1.82) is 0 Å². The van der Waals surface area contributed by atoms with Crippen molar-refractivity contribution in [2.24, 2.45) is 11.8 Å². The molecule has 1 aliphatic carbocycles. The first-order valence-electron chi connectivity index (χ1n) is 4.40. The Balaban J connectivity index is 2.07. The molecule has 0 spiro atoms. The van der Waals surface area contributed by atoms with Crippen LogP contribution in [0.4, 0.5) is 0 Å². The van der Waals surface area contributed by atoms with Crippen molar-refractivity contribution in [1.82, 2.24) is 4.90 Å². The first-order chi connectivity index (χ1) is 5.36. The predicted octanol–water partition coefficient (Wildman–Crippen LogP) is 1.68. The predicted molar refractivity (Wildman–Crippen MR) is 47.4 cm³/mol. The van der Waals surface area contributed by atoms with Gasteiger partial charge in [0.15, 0.2) is 0 Å². The van der Waals surface area contributed by atoms with Gasteiger partial charge in [-0.3, -0.25) is 0 Å². The number of allylic oxidation sites excluding steroid dienone is 3. The SMILES string of the molecule is CN1CCC2C=CC=CC2C1. The zero-order valence-corrected chi connectivity index (χ0v) is 7.03. The van der Waals surface area contributed by atoms with E-state index in [1.165, 1.54) is 19.5 Å². The molecule has 0 radical (unpaired) electrons. The zero-order valence-electron chi connectivity index (χ0n) is 7.03. The fourth-order valence-corrected chi connectivity index (χ4v) is 2.03. The Morgan fingerprint density at radius 2 is 1.91 bits per heavy atom. The van der Waals surface area contributed by atoms with Gasteiger partial charge in [-0.15, -0.1) is 0 Å². The highest BCUT2D eigenvalue weighted by molar-refractivity contribution is 5.15. The van der Waals surface area contributed by atoms with E-state index in [1.54, 1.807) is 0 Å². The third-order valence-corrected chi connectivity index (χ3v) is 2.74. The highest BCUT2D eigenvalue weighted by atomic mass is 15.1. The molecule has 0 N–H and O–H groups in total. The molecule has 1 nitrogen and oxygen atoms in total. The van der Waals surface area contributed by atoms with E-state index in [2.05, 4.69) is 36.3 Å². The normalized spacial score (nSPS) is 37.2. The van der Waals surface area contributed by atoms with Crippen LogP contribution in [0.15, 0.2) is 24.3 Å². The van der Waals surface area contributed by atoms with Crippen LogP contribution in [0.25, 0.3) is 0 Å². The summed E-state index contributed by atoms with van der Waals surface area (Å²) in [6, 6.07) is 0. The van der Waals surface area contributed by atoms with Crippen molar-refractivity contribution in [2.75, 3.05) is 20.1 Å². The average Bonchev–Trinajstić information content (AvgIpc) is 2.04. The molecule has 0 aromatic rings. The summed E-state index contributed by atoms with van der Waals surface area (Å²) in [6.45, 7) is 2.50. The first-order valence-corrected chi connectivity index (χ1v) is 4.40. The van der Waals surface area contributed by atoms with Gasteiger partial charge in [-0.1, -0.05) is 24.3 Å². The molecule has 60 valence electrons. The number of hydrogen-bond acceptors (Lipinski definition) is 1. The molecule has 2 atom stereocenters. The van der Waals surface area contributed by atoms with Gasteiger partial charge in [-0.05, 0) is 31.8 Å². The minimum absolute atomic E-state index is 0.791. The van der Waals surface area contributed by atoms with Gasteiger partial charge in [0.1, 0.15) is 0 Å². The van der Waals surface area contributed by atoms with Crippen LogP contribution < -0.4 is 0 Å². The molecule has 1 heterocycles. The lowest BCUT2D eigenvalue weighted by Crippen LogP contribution is -2.36. The van der Waals surface area contributed by atoms with E-state index in [9.17, 15) is 0 Å². The van der Waals surface area contributed by atoms with E-state index in [0.717, 1.165) is 11.8 Å². The minimum atomic E-state index is 0.791. The van der Waals surface area contributed by atoms with Gasteiger partial charge in [0.05, 0.1) is 0 Å². The molecule has 0 aromatic carbocycles. The van der Waals surface area contributed by atoms with Gasteiger partial charge >= 0.3 is 0 Å². The van der Waals surface area contributed by atoms with E-state index in [4.69, 9.17) is 0 Å². The molecule has 1 aliphatic heterocycles. The van der Waals surface area contributed by atoms with E-state index >= 15 is 0 Å². The minimum Gasteiger partial charge on any atom is -0.306 e. The average molecular weight is 149 g/mol. The van der Waals surface area contributed by atoms with Crippen LogP contribution in [-0.2, 0) is 0 Å². The van der Waals surface area contributed by atoms with Crippen molar-refractivity contribution >= 4 is 0 Å². The molecular formula is C10H15N. The highest BCUT2D eigenvalue weighted by Crippen LogP contribution is 2.27. The molecular weight excluding hydrogens is 134 g/mol. The second-order valence-electron chi connectivity index (χ2n) is 3.65. The quantitative estimate of drug-likeness (QED) is 0.506. The van der Waals surface area contributed by atoms with Crippen molar-refractivity contribution < 1.29 is 0 Å². The highest BCUT2D eigenvalue weighted by Gasteiger charge is 2.24. The van der Waals surface area contributed by atoms with Crippen molar-refractivity contribution in [3.05, 3.63) is 24.3 Å². The molecule has 1 fully saturated rings. The van der Waals surface area contributed by atoms with Crippen molar-refractivity contribution in [2.45, 2.75) is 6.42 Å². The molecule has 11 heavy (non-hydrogen) atoms. The lowest BCUT2D eigenvalue weighted by atomic mass is 9.83. The Hall–Kier alpha value is -0.560. The summed E-state index contributed by atoms with van der Waals surface area (Å²) in [5.74, 6) is 1.62. The molecule has 0 amide bonds. The van der Waals surface area contributed by atoms with Crippen LogP contribution in [0.1, 0.15) is 6.42 Å². The van der Waals surface area contributed by atoms with E-state index < -0.39 is 0 Å². The Labute approximate surface area is 68.4 Å². The summed E-state index contributed by atoms with van der Waals surface area (Å²) in [7, 11) is 2.21. The third-order valence-electron chi connectivity index (χ3n) is 2.74. The van der Waals surface area contributed by atoms with Gasteiger partial charge in [-0.25, -0.2) is 0 Å². The maximum Gasteiger partial charge on any atom is 0.00471 e. The summed E-state index contributed by atoms with van der Waals surface area (Å²) < 4.78 is 0. The number of likely N-dealkylation sites (tertiary alicyclic amines) is 1. The summed E-state index contributed by atoms with van der Waals surface area (Å²) in [4.78, 5) is 2.42. The first kappa shape index (κ1) is 7.11. The van der Waals surface area contributed by atoms with Gasteiger partial charge in [0, 0.05) is 6.54 Å². The Kier molecular flexibility index (Phi) is 1.82. The molecule has 2 aliphatic rings. The van der Waals surface area contributed by atoms with E-state index in [-0.39, 0.29) is 0 Å². The Morgan fingerprint density at radius 3 is 2.73 bits per heavy atom. The van der Waals surface area contributed by atoms with Crippen LogP contribution in [-0.4, -0.2) is 25.0 Å². The molecule has 0 bridgehead atoms. The fraction of sp³-hybridized carbons (Fsp3) is 0.600. The molecule has 1 heteroatoms. The Bertz CT molecular complexity index is 193. The summed E-state index contributed by atoms with van der Waals surface area (Å²) >= 11 is 0. The topological polar surface area (TPSA) is 3.24 Å². The standard InChI is InChI=1S/C10H15N/c1-11-7-6-9-4-2-3-5-10(9)8-11/h2-5,9-10H,6-8H2,1H3. The zero-order chi connectivity index (χ0) is 7.68. The van der Waals surface area contributed by atoms with Crippen molar-refractivity contribution in [3.8, 4) is 0 Å². The van der Waals surface area contributed by atoms with E-state index in [1.807, 2.05) is 0 Å². The number of nitrogens with zero attached hydrogens (tertiary/aromatic N) is 1. The smallest absolute Gasteiger partial charge is 0.00471 e. The summed E-state index contributed by atoms with van der Waals surface area (Å²) in [5.41, 5.74) is 0. The largest absolute Gasteiger partial charge is 0.306 e. The molecule has 0 aromatic heterocycles. The van der Waals surface area contributed by atoms with Crippen LogP contribution in [0.2, 0.25) is 0 Å². The summed E-state index contributed by atoms with van der Waals surface area (Å²) in [6.07, 6.45) is 10.4. The maximum absolute atomic E-state index is 2.42.